The average molecular weight is 279 g/mol. The van der Waals surface area contributed by atoms with E-state index in [0.717, 1.165) is 11.3 Å². The Morgan fingerprint density at radius 3 is 2.06 bits per heavy atom. The third kappa shape index (κ3) is 3.84. The normalized spacial score (nSPS) is 15.3. The molecule has 98 valence electrons. The quantitative estimate of drug-likeness (QED) is 0.863. The molecule has 0 fully saturated rings. The fourth-order valence-electron chi connectivity index (χ4n) is 1.27. The molecular weight excluding hydrogens is 272 g/mol. The first kappa shape index (κ1) is 14.2. The van der Waals surface area contributed by atoms with E-state index in [1.165, 1.54) is 11.6 Å². The minimum Gasteiger partial charge on any atom is -0.392 e. The Labute approximate surface area is 95.9 Å². The Balaban J connectivity index is 2.84. The zero-order chi connectivity index (χ0) is 13.3. The molecule has 1 aromatic heterocycles. The van der Waals surface area contributed by atoms with Crippen molar-refractivity contribution in [2.24, 2.45) is 5.92 Å². The van der Waals surface area contributed by atoms with Crippen LogP contribution >= 0.6 is 11.3 Å². The molecule has 0 spiro atoms. The second-order valence-electron chi connectivity index (χ2n) is 3.26. The van der Waals surface area contributed by atoms with Gasteiger partial charge in [-0.3, -0.25) is 0 Å². The molecule has 0 saturated carbocycles. The summed E-state index contributed by atoms with van der Waals surface area (Å²) in [6.07, 6.45) is -13.2. The maximum absolute atomic E-state index is 12.2. The van der Waals surface area contributed by atoms with Crippen LogP contribution in [0.25, 0.3) is 0 Å². The van der Waals surface area contributed by atoms with Crippen LogP contribution in [-0.4, -0.2) is 28.5 Å². The van der Waals surface area contributed by atoms with Gasteiger partial charge in [-0.2, -0.15) is 26.3 Å². The molecule has 0 amide bonds. The van der Waals surface area contributed by atoms with E-state index in [9.17, 15) is 26.3 Å². The fraction of sp³-hybridized carbons (Fsp3) is 0.625. The number of nitrogens with zero attached hydrogens (tertiary/aromatic N) is 1. The number of rotatable bonds is 3. The molecule has 0 saturated heterocycles. The summed E-state index contributed by atoms with van der Waals surface area (Å²) < 4.78 is 73.2. The van der Waals surface area contributed by atoms with Crippen molar-refractivity contribution < 1.29 is 31.4 Å². The summed E-state index contributed by atoms with van der Waals surface area (Å²) >= 11 is 0.884. The lowest BCUT2D eigenvalue weighted by Gasteiger charge is -2.26. The summed E-state index contributed by atoms with van der Waals surface area (Å²) in [5, 5.41) is 10.5. The lowest BCUT2D eigenvalue weighted by Crippen LogP contribution is -2.45. The van der Waals surface area contributed by atoms with Crippen molar-refractivity contribution in [2.45, 2.75) is 24.9 Å². The van der Waals surface area contributed by atoms with Gasteiger partial charge in [-0.1, -0.05) is 0 Å². The number of aromatic nitrogens is 1. The first-order chi connectivity index (χ1) is 7.62. The van der Waals surface area contributed by atoms with Crippen molar-refractivity contribution in [1.29, 1.82) is 0 Å². The number of aliphatic hydroxyl groups excluding tert-OH is 1. The predicted molar refractivity (Wildman–Crippen MR) is 47.4 cm³/mol. The van der Waals surface area contributed by atoms with Gasteiger partial charge in [-0.15, -0.1) is 11.3 Å². The number of alkyl halides is 6. The molecular formula is C8H7F6NOS. The highest BCUT2D eigenvalue weighted by Gasteiger charge is 2.60. The summed E-state index contributed by atoms with van der Waals surface area (Å²) in [5.41, 5.74) is 0. The molecule has 1 heterocycles. The largest absolute Gasteiger partial charge is 0.403 e. The van der Waals surface area contributed by atoms with E-state index in [2.05, 4.69) is 4.98 Å². The summed E-state index contributed by atoms with van der Waals surface area (Å²) in [6.45, 7) is 0. The highest BCUT2D eigenvalue weighted by molar-refractivity contribution is 7.09. The number of hydrogen-bond donors (Lipinski definition) is 1. The van der Waals surface area contributed by atoms with Crippen LogP contribution in [0.15, 0.2) is 11.6 Å². The second-order valence-corrected chi connectivity index (χ2v) is 4.24. The Hall–Kier alpha value is -0.830. The van der Waals surface area contributed by atoms with Gasteiger partial charge in [0.2, 0.25) is 0 Å². The van der Waals surface area contributed by atoms with Gasteiger partial charge in [0, 0.05) is 18.0 Å². The maximum Gasteiger partial charge on any atom is 0.403 e. The highest BCUT2D eigenvalue weighted by atomic mass is 32.1. The lowest BCUT2D eigenvalue weighted by atomic mass is 9.99. The molecule has 0 bridgehead atoms. The van der Waals surface area contributed by atoms with Gasteiger partial charge in [-0.05, 0) is 0 Å². The molecule has 0 aromatic carbocycles. The summed E-state index contributed by atoms with van der Waals surface area (Å²) in [4.78, 5) is 3.53. The van der Waals surface area contributed by atoms with E-state index in [0.29, 0.717) is 0 Å². The topological polar surface area (TPSA) is 33.1 Å². The number of hydrogen-bond acceptors (Lipinski definition) is 3. The van der Waals surface area contributed by atoms with Crippen LogP contribution in [0.5, 0.6) is 0 Å². The molecule has 1 unspecified atom stereocenters. The van der Waals surface area contributed by atoms with Gasteiger partial charge in [-0.25, -0.2) is 4.98 Å². The Kier molecular flexibility index (Phi) is 4.03. The van der Waals surface area contributed by atoms with Crippen LogP contribution in [0.4, 0.5) is 26.3 Å². The van der Waals surface area contributed by atoms with Crippen molar-refractivity contribution in [3.8, 4) is 0 Å². The number of halogens is 6. The minimum atomic E-state index is -5.53. The van der Waals surface area contributed by atoms with Gasteiger partial charge >= 0.3 is 12.4 Å². The summed E-state index contributed by atoms with van der Waals surface area (Å²) in [6, 6.07) is 0. The Morgan fingerprint density at radius 2 is 1.71 bits per heavy atom. The zero-order valence-electron chi connectivity index (χ0n) is 8.09. The molecule has 0 aliphatic rings. The van der Waals surface area contributed by atoms with Crippen molar-refractivity contribution in [2.75, 3.05) is 0 Å². The van der Waals surface area contributed by atoms with Gasteiger partial charge in [0.05, 0.1) is 11.1 Å². The number of aliphatic hydroxyl groups is 1. The van der Waals surface area contributed by atoms with E-state index in [1.54, 1.807) is 0 Å². The molecule has 1 atom stereocenters. The van der Waals surface area contributed by atoms with E-state index in [-0.39, 0.29) is 5.01 Å². The van der Waals surface area contributed by atoms with Gasteiger partial charge in [0.1, 0.15) is 0 Å². The standard InChI is InChI=1S/C8H7F6NOS/c9-7(10,11)6(8(12,13)14)4(16)3-5-15-1-2-17-5/h1-2,4,6,16H,3H2. The second kappa shape index (κ2) is 4.81. The van der Waals surface area contributed by atoms with Crippen molar-refractivity contribution in [1.82, 2.24) is 4.98 Å². The monoisotopic (exact) mass is 279 g/mol. The third-order valence-corrected chi connectivity index (χ3v) is 2.76. The SMILES string of the molecule is OC(Cc1nccs1)C(C(F)(F)F)C(F)(F)F. The fourth-order valence-corrected chi connectivity index (χ4v) is 1.94. The van der Waals surface area contributed by atoms with Gasteiger partial charge in [0.15, 0.2) is 5.92 Å². The van der Waals surface area contributed by atoms with Crippen LogP contribution in [0.3, 0.4) is 0 Å². The predicted octanol–water partition coefficient (Wildman–Crippen LogP) is 2.79. The third-order valence-electron chi connectivity index (χ3n) is 1.96. The first-order valence-electron chi connectivity index (χ1n) is 4.32. The van der Waals surface area contributed by atoms with Crippen LogP contribution in [0.1, 0.15) is 5.01 Å². The summed E-state index contributed by atoms with van der Waals surface area (Å²) in [7, 11) is 0. The van der Waals surface area contributed by atoms with E-state index in [1.807, 2.05) is 0 Å². The zero-order valence-corrected chi connectivity index (χ0v) is 8.90. The van der Waals surface area contributed by atoms with E-state index in [4.69, 9.17) is 5.11 Å². The highest BCUT2D eigenvalue weighted by Crippen LogP contribution is 2.42. The van der Waals surface area contributed by atoms with Gasteiger partial charge in [0.25, 0.3) is 0 Å². The molecule has 0 aliphatic heterocycles. The Morgan fingerprint density at radius 1 is 1.18 bits per heavy atom. The molecule has 2 nitrogen and oxygen atoms in total. The van der Waals surface area contributed by atoms with Crippen molar-refractivity contribution in [3.63, 3.8) is 0 Å². The van der Waals surface area contributed by atoms with Crippen molar-refractivity contribution >= 4 is 11.3 Å². The smallest absolute Gasteiger partial charge is 0.392 e. The molecule has 1 N–H and O–H groups in total. The van der Waals surface area contributed by atoms with Crippen LogP contribution < -0.4 is 0 Å². The first-order valence-corrected chi connectivity index (χ1v) is 5.20. The molecule has 9 heteroatoms. The molecule has 1 aromatic rings. The van der Waals surface area contributed by atoms with Crippen LogP contribution in [0.2, 0.25) is 0 Å². The van der Waals surface area contributed by atoms with E-state index >= 15 is 0 Å². The van der Waals surface area contributed by atoms with Crippen molar-refractivity contribution in [3.05, 3.63) is 16.6 Å². The molecule has 0 aliphatic carbocycles. The van der Waals surface area contributed by atoms with Gasteiger partial charge < -0.3 is 5.11 Å². The Bertz CT molecular complexity index is 332. The molecule has 0 radical (unpaired) electrons. The van der Waals surface area contributed by atoms with Crippen LogP contribution in [-0.2, 0) is 6.42 Å². The minimum absolute atomic E-state index is 0.0241. The molecule has 1 rings (SSSR count). The lowest BCUT2D eigenvalue weighted by molar-refractivity contribution is -0.305. The maximum atomic E-state index is 12.2. The van der Waals surface area contributed by atoms with Crippen LogP contribution in [0, 0.1) is 5.92 Å². The number of thiazole rings is 1. The summed E-state index contributed by atoms with van der Waals surface area (Å²) in [5.74, 6) is -3.75. The van der Waals surface area contributed by atoms with E-state index < -0.39 is 30.8 Å². The molecule has 17 heavy (non-hydrogen) atoms. The average Bonchev–Trinajstić information content (AvgIpc) is 2.49.